The van der Waals surface area contributed by atoms with E-state index in [1.165, 1.54) is 18.3 Å². The van der Waals surface area contributed by atoms with Gasteiger partial charge in [0.15, 0.2) is 23.1 Å². The first-order chi connectivity index (χ1) is 16.6. The molecule has 2 aromatic carbocycles. The highest BCUT2D eigenvalue weighted by Crippen LogP contribution is 2.25. The molecule has 8 nitrogen and oxygen atoms in total. The number of rotatable bonds is 7. The number of aromatic amines is 1. The Bertz CT molecular complexity index is 1560. The maximum absolute atomic E-state index is 14.8. The van der Waals surface area contributed by atoms with Crippen LogP contribution in [0.25, 0.3) is 22.6 Å². The molecule has 1 amide bonds. The van der Waals surface area contributed by atoms with Crippen molar-refractivity contribution in [1.29, 1.82) is 0 Å². The van der Waals surface area contributed by atoms with Gasteiger partial charge >= 0.3 is 0 Å². The number of fused-ring (bicyclic) bond motifs is 1. The number of amides is 1. The average Bonchev–Trinajstić information content (AvgIpc) is 3.21. The highest BCUT2D eigenvalue weighted by atomic mass is 32.2. The lowest BCUT2D eigenvalue weighted by atomic mass is 10.1. The smallest absolute Gasteiger partial charge is 0.261 e. The van der Waals surface area contributed by atoms with Crippen molar-refractivity contribution in [3.8, 4) is 11.4 Å². The van der Waals surface area contributed by atoms with E-state index in [2.05, 4.69) is 20.3 Å². The second-order valence-electron chi connectivity index (χ2n) is 7.47. The van der Waals surface area contributed by atoms with Crippen LogP contribution >= 0.6 is 0 Å². The second kappa shape index (κ2) is 9.33. The zero-order chi connectivity index (χ0) is 25.3. The number of carbonyl (C=O) groups excluding carboxylic acids is 1. The van der Waals surface area contributed by atoms with Crippen molar-refractivity contribution in [2.75, 3.05) is 15.8 Å². The molecule has 0 saturated heterocycles. The molecular weight excluding hydrogens is 490 g/mol. The summed E-state index contributed by atoms with van der Waals surface area (Å²) in [5.74, 6) is -5.94. The Morgan fingerprint density at radius 1 is 1.03 bits per heavy atom. The van der Waals surface area contributed by atoms with Gasteiger partial charge in [-0.05, 0) is 42.8 Å². The van der Waals surface area contributed by atoms with Crippen molar-refractivity contribution < 1.29 is 30.8 Å². The van der Waals surface area contributed by atoms with Crippen molar-refractivity contribution >= 4 is 38.5 Å². The van der Waals surface area contributed by atoms with Gasteiger partial charge in [0.2, 0.25) is 10.0 Å². The number of pyridine rings is 1. The van der Waals surface area contributed by atoms with E-state index in [0.29, 0.717) is 5.52 Å². The first kappa shape index (κ1) is 24.1. The van der Waals surface area contributed by atoms with Gasteiger partial charge in [-0.1, -0.05) is 6.92 Å². The first-order valence-electron chi connectivity index (χ1n) is 10.2. The fourth-order valence-electron chi connectivity index (χ4n) is 3.27. The molecule has 35 heavy (non-hydrogen) atoms. The zero-order valence-corrected chi connectivity index (χ0v) is 18.8. The Labute approximate surface area is 196 Å². The van der Waals surface area contributed by atoms with E-state index in [4.69, 9.17) is 0 Å². The third kappa shape index (κ3) is 5.09. The zero-order valence-electron chi connectivity index (χ0n) is 18.0. The van der Waals surface area contributed by atoms with Crippen LogP contribution in [-0.4, -0.2) is 35.0 Å². The number of halogens is 4. The van der Waals surface area contributed by atoms with E-state index in [9.17, 15) is 30.8 Å². The molecule has 0 saturated carbocycles. The van der Waals surface area contributed by atoms with Gasteiger partial charge in [-0.3, -0.25) is 9.52 Å². The number of hydrogen-bond acceptors (Lipinski definition) is 5. The molecule has 13 heteroatoms. The largest absolute Gasteiger partial charge is 0.337 e. The molecule has 0 fully saturated rings. The molecule has 0 aliphatic heterocycles. The van der Waals surface area contributed by atoms with Crippen LogP contribution in [0, 0.1) is 23.3 Å². The maximum Gasteiger partial charge on any atom is 0.261 e. The standard InChI is InChI=1S/C22H17F4N5O3S/c1-2-7-35(33,34)31-16-6-5-14(24)18(19(16)26)22(32)28-12-9-17-21(27-10-12)30-20(29-17)11-3-4-13(23)15(25)8-11/h3-6,8-10,31H,2,7H2,1H3,(H,28,32)(H,27,29,30). The minimum absolute atomic E-state index is 0.0405. The molecule has 182 valence electrons. The van der Waals surface area contributed by atoms with E-state index >= 15 is 0 Å². The SMILES string of the molecule is CCCS(=O)(=O)Nc1ccc(F)c(C(=O)Nc2cnc3nc(-c4ccc(F)c(F)c4)[nH]c3c2)c1F. The molecule has 0 spiro atoms. The second-order valence-corrected chi connectivity index (χ2v) is 9.31. The van der Waals surface area contributed by atoms with Crippen LogP contribution in [0.15, 0.2) is 42.6 Å². The summed E-state index contributed by atoms with van der Waals surface area (Å²) in [6.07, 6.45) is 1.45. The molecule has 0 radical (unpaired) electrons. The van der Waals surface area contributed by atoms with Crippen molar-refractivity contribution in [2.45, 2.75) is 13.3 Å². The highest BCUT2D eigenvalue weighted by molar-refractivity contribution is 7.92. The number of hydrogen-bond donors (Lipinski definition) is 3. The lowest BCUT2D eigenvalue weighted by Crippen LogP contribution is -2.20. The predicted molar refractivity (Wildman–Crippen MR) is 121 cm³/mol. The molecule has 0 atom stereocenters. The fraction of sp³-hybridized carbons (Fsp3) is 0.136. The number of benzene rings is 2. The highest BCUT2D eigenvalue weighted by Gasteiger charge is 2.23. The van der Waals surface area contributed by atoms with Crippen LogP contribution in [0.3, 0.4) is 0 Å². The molecule has 2 aromatic heterocycles. The van der Waals surface area contributed by atoms with Crippen molar-refractivity contribution in [3.05, 3.63) is 71.4 Å². The number of nitrogens with one attached hydrogen (secondary N) is 3. The molecule has 4 aromatic rings. The average molecular weight is 507 g/mol. The molecule has 0 unspecified atom stereocenters. The molecule has 0 aliphatic carbocycles. The number of nitrogens with zero attached hydrogens (tertiary/aromatic N) is 2. The van der Waals surface area contributed by atoms with Crippen LogP contribution < -0.4 is 10.0 Å². The van der Waals surface area contributed by atoms with Crippen molar-refractivity contribution in [2.24, 2.45) is 0 Å². The minimum Gasteiger partial charge on any atom is -0.337 e. The first-order valence-corrected chi connectivity index (χ1v) is 11.8. The van der Waals surface area contributed by atoms with Gasteiger partial charge in [0.1, 0.15) is 17.2 Å². The number of carbonyl (C=O) groups is 1. The number of imidazole rings is 1. The number of H-pyrrole nitrogens is 1. The molecule has 3 N–H and O–H groups in total. The van der Waals surface area contributed by atoms with E-state index in [1.807, 2.05) is 4.72 Å². The van der Waals surface area contributed by atoms with Gasteiger partial charge in [-0.15, -0.1) is 0 Å². The summed E-state index contributed by atoms with van der Waals surface area (Å²) in [6.45, 7) is 1.62. The summed E-state index contributed by atoms with van der Waals surface area (Å²) in [6, 6.07) is 6.23. The van der Waals surface area contributed by atoms with E-state index in [0.717, 1.165) is 24.3 Å². The maximum atomic E-state index is 14.8. The molecule has 2 heterocycles. The van der Waals surface area contributed by atoms with Crippen molar-refractivity contribution in [1.82, 2.24) is 15.0 Å². The van der Waals surface area contributed by atoms with Crippen LogP contribution in [0.4, 0.5) is 28.9 Å². The quantitative estimate of drug-likeness (QED) is 0.317. The van der Waals surface area contributed by atoms with Gasteiger partial charge < -0.3 is 10.3 Å². The Kier molecular flexibility index (Phi) is 6.43. The summed E-state index contributed by atoms with van der Waals surface area (Å²) >= 11 is 0. The summed E-state index contributed by atoms with van der Waals surface area (Å²) in [5.41, 5.74) is -0.785. The van der Waals surface area contributed by atoms with Crippen LogP contribution in [0.5, 0.6) is 0 Å². The fourth-order valence-corrected chi connectivity index (χ4v) is 4.40. The normalized spacial score (nSPS) is 11.6. The molecule has 0 aliphatic rings. The van der Waals surface area contributed by atoms with Crippen LogP contribution in [0.1, 0.15) is 23.7 Å². The summed E-state index contributed by atoms with van der Waals surface area (Å²) in [4.78, 5) is 23.7. The third-order valence-electron chi connectivity index (χ3n) is 4.84. The Morgan fingerprint density at radius 2 is 1.77 bits per heavy atom. The predicted octanol–water partition coefficient (Wildman–Crippen LogP) is 4.59. The molecular formula is C22H17F4N5O3S. The van der Waals surface area contributed by atoms with Gasteiger partial charge in [-0.25, -0.2) is 35.9 Å². The number of anilines is 2. The van der Waals surface area contributed by atoms with Crippen LogP contribution in [-0.2, 0) is 10.0 Å². The topological polar surface area (TPSA) is 117 Å². The van der Waals surface area contributed by atoms with Gasteiger partial charge in [0.05, 0.1) is 28.8 Å². The molecule has 0 bridgehead atoms. The Hall–Kier alpha value is -4.00. The summed E-state index contributed by atoms with van der Waals surface area (Å²) in [5, 5.41) is 2.30. The van der Waals surface area contributed by atoms with E-state index in [-0.39, 0.29) is 34.9 Å². The number of aromatic nitrogens is 3. The number of sulfonamides is 1. The van der Waals surface area contributed by atoms with Gasteiger partial charge in [0.25, 0.3) is 5.91 Å². The minimum atomic E-state index is -3.88. The van der Waals surface area contributed by atoms with E-state index < -0.39 is 50.5 Å². The molecule has 4 rings (SSSR count). The summed E-state index contributed by atoms with van der Waals surface area (Å²) in [7, 11) is -3.88. The summed E-state index contributed by atoms with van der Waals surface area (Å²) < 4.78 is 81.8. The Morgan fingerprint density at radius 3 is 2.49 bits per heavy atom. The van der Waals surface area contributed by atoms with Crippen LogP contribution in [0.2, 0.25) is 0 Å². The lowest BCUT2D eigenvalue weighted by Gasteiger charge is -2.12. The van der Waals surface area contributed by atoms with Gasteiger partial charge in [-0.2, -0.15) is 0 Å². The van der Waals surface area contributed by atoms with Gasteiger partial charge in [0, 0.05) is 5.56 Å². The van der Waals surface area contributed by atoms with E-state index in [1.54, 1.807) is 6.92 Å². The third-order valence-corrected chi connectivity index (χ3v) is 6.32. The lowest BCUT2D eigenvalue weighted by molar-refractivity contribution is 0.101. The van der Waals surface area contributed by atoms with Crippen molar-refractivity contribution in [3.63, 3.8) is 0 Å². The monoisotopic (exact) mass is 507 g/mol. The Balaban J connectivity index is 1.61.